The largest absolute Gasteiger partial charge is 0.494 e. The molecule has 0 heterocycles. The van der Waals surface area contributed by atoms with Crippen molar-refractivity contribution in [2.45, 2.75) is 19.8 Å². The molecule has 0 atom stereocenters. The Hall–Kier alpha value is -3.06. The Morgan fingerprint density at radius 2 is 1.48 bits per heavy atom. The zero-order chi connectivity index (χ0) is 20.9. The standard InChI is InChI=1S/C22H28N2O5/c1-3-4-13-28-19-9-5-17(6-10-19)22(26)23-16-21(25)24-18-7-11-20(12-8-18)29-15-14-27-2/h5-12H,3-4,13-16H2,1-2H3,(H,23,26)(H,24,25). The summed E-state index contributed by atoms with van der Waals surface area (Å²) in [6, 6.07) is 13.8. The number of anilines is 1. The molecule has 0 aliphatic carbocycles. The summed E-state index contributed by atoms with van der Waals surface area (Å²) in [6.45, 7) is 3.59. The van der Waals surface area contributed by atoms with Crippen LogP contribution in [0.1, 0.15) is 30.1 Å². The second-order valence-electron chi connectivity index (χ2n) is 6.32. The molecule has 0 aromatic heterocycles. The van der Waals surface area contributed by atoms with E-state index >= 15 is 0 Å². The fraction of sp³-hybridized carbons (Fsp3) is 0.364. The van der Waals surface area contributed by atoms with Crippen molar-refractivity contribution in [2.24, 2.45) is 0 Å². The third-order valence-electron chi connectivity index (χ3n) is 3.99. The molecule has 0 unspecified atom stereocenters. The molecule has 156 valence electrons. The van der Waals surface area contributed by atoms with E-state index in [1.807, 2.05) is 0 Å². The number of methoxy groups -OCH3 is 1. The topological polar surface area (TPSA) is 85.9 Å². The molecule has 0 bridgehead atoms. The van der Waals surface area contributed by atoms with Crippen LogP contribution in [0.5, 0.6) is 11.5 Å². The minimum Gasteiger partial charge on any atom is -0.494 e. The lowest BCUT2D eigenvalue weighted by atomic mass is 10.2. The van der Waals surface area contributed by atoms with Crippen molar-refractivity contribution in [3.05, 3.63) is 54.1 Å². The van der Waals surface area contributed by atoms with Gasteiger partial charge in [-0.15, -0.1) is 0 Å². The maximum atomic E-state index is 12.2. The first-order chi connectivity index (χ1) is 14.1. The van der Waals surface area contributed by atoms with Gasteiger partial charge in [-0.05, 0) is 55.0 Å². The van der Waals surface area contributed by atoms with Crippen molar-refractivity contribution < 1.29 is 23.8 Å². The Balaban J connectivity index is 1.74. The summed E-state index contributed by atoms with van der Waals surface area (Å²) in [5.74, 6) is 0.783. The summed E-state index contributed by atoms with van der Waals surface area (Å²) in [5.41, 5.74) is 1.09. The van der Waals surface area contributed by atoms with Crippen LogP contribution >= 0.6 is 0 Å². The molecule has 2 amide bonds. The van der Waals surface area contributed by atoms with Crippen LogP contribution in [0, 0.1) is 0 Å². The number of nitrogens with one attached hydrogen (secondary N) is 2. The third-order valence-corrected chi connectivity index (χ3v) is 3.99. The number of amides is 2. The van der Waals surface area contributed by atoms with Gasteiger partial charge in [0.15, 0.2) is 0 Å². The van der Waals surface area contributed by atoms with Gasteiger partial charge in [-0.2, -0.15) is 0 Å². The lowest BCUT2D eigenvalue weighted by molar-refractivity contribution is -0.115. The molecule has 0 radical (unpaired) electrons. The Kier molecular flexibility index (Phi) is 9.51. The zero-order valence-corrected chi connectivity index (χ0v) is 16.9. The maximum Gasteiger partial charge on any atom is 0.251 e. The van der Waals surface area contributed by atoms with E-state index in [2.05, 4.69) is 17.6 Å². The van der Waals surface area contributed by atoms with Crippen LogP contribution in [0.4, 0.5) is 5.69 Å². The van der Waals surface area contributed by atoms with Gasteiger partial charge >= 0.3 is 0 Å². The van der Waals surface area contributed by atoms with Gasteiger partial charge in [-0.1, -0.05) is 13.3 Å². The van der Waals surface area contributed by atoms with Crippen LogP contribution < -0.4 is 20.1 Å². The van der Waals surface area contributed by atoms with Gasteiger partial charge in [0.2, 0.25) is 5.91 Å². The molecule has 7 nitrogen and oxygen atoms in total. The molecule has 0 fully saturated rings. The van der Waals surface area contributed by atoms with Gasteiger partial charge in [0, 0.05) is 18.4 Å². The molecular formula is C22H28N2O5. The number of hydrogen-bond acceptors (Lipinski definition) is 5. The lowest BCUT2D eigenvalue weighted by Gasteiger charge is -2.09. The van der Waals surface area contributed by atoms with E-state index in [0.717, 1.165) is 18.6 Å². The highest BCUT2D eigenvalue weighted by atomic mass is 16.5. The quantitative estimate of drug-likeness (QED) is 0.534. The predicted octanol–water partition coefficient (Wildman–Crippen LogP) is 3.26. The second kappa shape index (κ2) is 12.4. The van der Waals surface area contributed by atoms with E-state index in [9.17, 15) is 9.59 Å². The van der Waals surface area contributed by atoms with Crippen molar-refractivity contribution in [1.29, 1.82) is 0 Å². The smallest absolute Gasteiger partial charge is 0.251 e. The number of benzene rings is 2. The fourth-order valence-corrected chi connectivity index (χ4v) is 2.38. The van der Waals surface area contributed by atoms with Crippen LogP contribution in [0.15, 0.2) is 48.5 Å². The molecule has 0 saturated carbocycles. The molecule has 2 N–H and O–H groups in total. The van der Waals surface area contributed by atoms with Crippen molar-refractivity contribution in [3.63, 3.8) is 0 Å². The number of unbranched alkanes of at least 4 members (excludes halogenated alkanes) is 1. The Labute approximate surface area is 171 Å². The highest BCUT2D eigenvalue weighted by molar-refractivity contribution is 5.99. The molecule has 0 spiro atoms. The summed E-state index contributed by atoms with van der Waals surface area (Å²) in [6.07, 6.45) is 2.05. The number of hydrogen-bond donors (Lipinski definition) is 2. The summed E-state index contributed by atoms with van der Waals surface area (Å²) in [5, 5.41) is 5.33. The molecule has 0 aliphatic rings. The first-order valence-corrected chi connectivity index (χ1v) is 9.65. The number of carbonyl (C=O) groups is 2. The van der Waals surface area contributed by atoms with Crippen LogP contribution in [0.25, 0.3) is 0 Å². The average Bonchev–Trinajstić information content (AvgIpc) is 2.74. The lowest BCUT2D eigenvalue weighted by Crippen LogP contribution is -2.32. The van der Waals surface area contributed by atoms with Crippen molar-refractivity contribution in [3.8, 4) is 11.5 Å². The average molecular weight is 400 g/mol. The molecule has 0 aliphatic heterocycles. The van der Waals surface area contributed by atoms with Gasteiger partial charge in [0.05, 0.1) is 19.8 Å². The van der Waals surface area contributed by atoms with E-state index in [1.165, 1.54) is 0 Å². The molecule has 2 rings (SSSR count). The molecule has 7 heteroatoms. The molecule has 2 aromatic rings. The highest BCUT2D eigenvalue weighted by Crippen LogP contribution is 2.16. The van der Waals surface area contributed by atoms with Gasteiger partial charge in [-0.3, -0.25) is 9.59 Å². The third kappa shape index (κ3) is 8.23. The number of carbonyl (C=O) groups excluding carboxylic acids is 2. The highest BCUT2D eigenvalue weighted by Gasteiger charge is 2.09. The van der Waals surface area contributed by atoms with Gasteiger partial charge in [0.25, 0.3) is 5.91 Å². The van der Waals surface area contributed by atoms with E-state index < -0.39 is 0 Å². The minimum atomic E-state index is -0.317. The van der Waals surface area contributed by atoms with E-state index in [4.69, 9.17) is 14.2 Å². The van der Waals surface area contributed by atoms with E-state index in [0.29, 0.717) is 36.8 Å². The summed E-state index contributed by atoms with van der Waals surface area (Å²) >= 11 is 0. The van der Waals surface area contributed by atoms with Crippen molar-refractivity contribution >= 4 is 17.5 Å². The van der Waals surface area contributed by atoms with Crippen molar-refractivity contribution in [2.75, 3.05) is 38.8 Å². The minimum absolute atomic E-state index is 0.125. The zero-order valence-electron chi connectivity index (χ0n) is 16.9. The first-order valence-electron chi connectivity index (χ1n) is 9.65. The Morgan fingerprint density at radius 1 is 0.862 bits per heavy atom. The summed E-state index contributed by atoms with van der Waals surface area (Å²) in [4.78, 5) is 24.2. The van der Waals surface area contributed by atoms with Crippen LogP contribution in [0.2, 0.25) is 0 Å². The predicted molar refractivity (Wildman–Crippen MR) is 112 cm³/mol. The van der Waals surface area contributed by atoms with Crippen LogP contribution in [0.3, 0.4) is 0 Å². The number of rotatable bonds is 12. The molecular weight excluding hydrogens is 372 g/mol. The summed E-state index contributed by atoms with van der Waals surface area (Å²) in [7, 11) is 1.61. The molecule has 2 aromatic carbocycles. The van der Waals surface area contributed by atoms with Gasteiger partial charge in [-0.25, -0.2) is 0 Å². The molecule has 0 saturated heterocycles. The van der Waals surface area contributed by atoms with Crippen molar-refractivity contribution in [1.82, 2.24) is 5.32 Å². The fourth-order valence-electron chi connectivity index (χ4n) is 2.38. The van der Waals surface area contributed by atoms with E-state index in [-0.39, 0.29) is 18.4 Å². The Bertz CT molecular complexity index is 760. The summed E-state index contributed by atoms with van der Waals surface area (Å²) < 4.78 is 16.0. The first kappa shape index (κ1) is 22.2. The second-order valence-corrected chi connectivity index (χ2v) is 6.32. The molecule has 29 heavy (non-hydrogen) atoms. The van der Waals surface area contributed by atoms with Crippen LogP contribution in [-0.4, -0.2) is 45.3 Å². The van der Waals surface area contributed by atoms with Gasteiger partial charge in [0.1, 0.15) is 18.1 Å². The normalized spacial score (nSPS) is 10.3. The SMILES string of the molecule is CCCCOc1ccc(C(=O)NCC(=O)Nc2ccc(OCCOC)cc2)cc1. The number of ether oxygens (including phenoxy) is 3. The monoisotopic (exact) mass is 400 g/mol. The van der Waals surface area contributed by atoms with Crippen LogP contribution in [-0.2, 0) is 9.53 Å². The van der Waals surface area contributed by atoms with E-state index in [1.54, 1.807) is 55.6 Å². The van der Waals surface area contributed by atoms with Gasteiger partial charge < -0.3 is 24.8 Å². The maximum absolute atomic E-state index is 12.2. The Morgan fingerprint density at radius 3 is 2.10 bits per heavy atom.